The van der Waals surface area contributed by atoms with Gasteiger partial charge in [-0.05, 0) is 13.3 Å². The Morgan fingerprint density at radius 3 is 2.73 bits per heavy atom. The first kappa shape index (κ1) is 13.6. The largest absolute Gasteiger partial charge is 0.383 e. The van der Waals surface area contributed by atoms with Crippen molar-refractivity contribution in [2.45, 2.75) is 26.4 Å². The Labute approximate surface area is 89.2 Å². The highest BCUT2D eigenvalue weighted by molar-refractivity contribution is 5.92. The molecule has 0 saturated heterocycles. The molecule has 0 aliphatic carbocycles. The van der Waals surface area contributed by atoms with Crippen LogP contribution in [0.25, 0.3) is 0 Å². The van der Waals surface area contributed by atoms with E-state index in [-0.39, 0.29) is 18.3 Å². The molecule has 0 bridgehead atoms. The SMILES string of the molecule is CCC=C(C#N)C(=O)OOCC(C)OC. The van der Waals surface area contributed by atoms with Crippen molar-refractivity contribution in [2.24, 2.45) is 0 Å². The normalized spacial score (nSPS) is 13.1. The molecule has 0 aliphatic heterocycles. The fourth-order valence-electron chi connectivity index (χ4n) is 0.675. The zero-order valence-electron chi connectivity index (χ0n) is 9.15. The predicted octanol–water partition coefficient (Wildman–Crippen LogP) is 1.36. The molecule has 0 fully saturated rings. The van der Waals surface area contributed by atoms with Gasteiger partial charge >= 0.3 is 5.97 Å². The quantitative estimate of drug-likeness (QED) is 0.288. The number of methoxy groups -OCH3 is 1. The zero-order valence-corrected chi connectivity index (χ0v) is 9.15. The van der Waals surface area contributed by atoms with Gasteiger partial charge in [-0.1, -0.05) is 13.0 Å². The van der Waals surface area contributed by atoms with Gasteiger partial charge in [-0.2, -0.15) is 10.1 Å². The van der Waals surface area contributed by atoms with Crippen molar-refractivity contribution >= 4 is 5.97 Å². The van der Waals surface area contributed by atoms with Gasteiger partial charge in [0.2, 0.25) is 0 Å². The number of nitrogens with zero attached hydrogens (tertiary/aromatic N) is 1. The lowest BCUT2D eigenvalue weighted by molar-refractivity contribution is -0.277. The molecule has 0 N–H and O–H groups in total. The van der Waals surface area contributed by atoms with E-state index in [0.29, 0.717) is 6.42 Å². The van der Waals surface area contributed by atoms with Crippen LogP contribution in [0.5, 0.6) is 0 Å². The van der Waals surface area contributed by atoms with E-state index in [4.69, 9.17) is 10.00 Å². The highest BCUT2D eigenvalue weighted by atomic mass is 17.2. The van der Waals surface area contributed by atoms with E-state index < -0.39 is 5.97 Å². The molecule has 0 saturated carbocycles. The Balaban J connectivity index is 3.94. The molecule has 15 heavy (non-hydrogen) atoms. The lowest BCUT2D eigenvalue weighted by Crippen LogP contribution is -2.16. The number of hydrogen-bond donors (Lipinski definition) is 0. The third kappa shape index (κ3) is 5.83. The Bertz CT molecular complexity index is 267. The molecular weight excluding hydrogens is 198 g/mol. The summed E-state index contributed by atoms with van der Waals surface area (Å²) < 4.78 is 4.87. The van der Waals surface area contributed by atoms with Crippen molar-refractivity contribution in [3.05, 3.63) is 11.6 Å². The molecule has 0 aliphatic rings. The minimum Gasteiger partial charge on any atom is -0.379 e. The fourth-order valence-corrected chi connectivity index (χ4v) is 0.675. The summed E-state index contributed by atoms with van der Waals surface area (Å²) in [5.41, 5.74) is -0.0532. The van der Waals surface area contributed by atoms with Crippen molar-refractivity contribution in [1.82, 2.24) is 0 Å². The third-order valence-electron chi connectivity index (χ3n) is 1.59. The summed E-state index contributed by atoms with van der Waals surface area (Å²) in [6.07, 6.45) is 1.90. The number of nitriles is 1. The average Bonchev–Trinajstić information content (AvgIpc) is 2.25. The van der Waals surface area contributed by atoms with Gasteiger partial charge in [-0.15, -0.1) is 0 Å². The van der Waals surface area contributed by atoms with Gasteiger partial charge in [0.25, 0.3) is 0 Å². The van der Waals surface area contributed by atoms with Crippen LogP contribution < -0.4 is 0 Å². The maximum absolute atomic E-state index is 11.2. The molecule has 0 aromatic carbocycles. The van der Waals surface area contributed by atoms with Gasteiger partial charge in [0.05, 0.1) is 6.10 Å². The molecule has 0 aromatic heterocycles. The van der Waals surface area contributed by atoms with Crippen molar-refractivity contribution in [3.63, 3.8) is 0 Å². The van der Waals surface area contributed by atoms with E-state index in [1.807, 2.05) is 6.92 Å². The van der Waals surface area contributed by atoms with Gasteiger partial charge in [0, 0.05) is 7.11 Å². The molecular formula is C10H15NO4. The summed E-state index contributed by atoms with van der Waals surface area (Å²) in [6, 6.07) is 1.73. The molecule has 0 spiro atoms. The van der Waals surface area contributed by atoms with Crippen LogP contribution in [-0.2, 0) is 19.3 Å². The van der Waals surface area contributed by atoms with E-state index in [9.17, 15) is 4.79 Å². The second-order valence-electron chi connectivity index (χ2n) is 2.84. The van der Waals surface area contributed by atoms with Crippen LogP contribution >= 0.6 is 0 Å². The van der Waals surface area contributed by atoms with E-state index >= 15 is 0 Å². The average molecular weight is 213 g/mol. The molecule has 0 amide bonds. The van der Waals surface area contributed by atoms with E-state index in [0.717, 1.165) is 0 Å². The highest BCUT2D eigenvalue weighted by Gasteiger charge is 2.11. The summed E-state index contributed by atoms with van der Waals surface area (Å²) in [5, 5.41) is 8.58. The smallest absolute Gasteiger partial charge is 0.379 e. The van der Waals surface area contributed by atoms with Crippen LogP contribution in [0.2, 0.25) is 0 Å². The summed E-state index contributed by atoms with van der Waals surface area (Å²) in [4.78, 5) is 20.2. The second kappa shape index (κ2) is 7.97. The first-order chi connectivity index (χ1) is 7.15. The number of carbonyl (C=O) groups is 1. The van der Waals surface area contributed by atoms with Crippen molar-refractivity contribution in [2.75, 3.05) is 13.7 Å². The van der Waals surface area contributed by atoms with Crippen molar-refractivity contribution in [3.8, 4) is 6.07 Å². The molecule has 5 heteroatoms. The molecule has 84 valence electrons. The fraction of sp³-hybridized carbons (Fsp3) is 0.600. The molecule has 5 nitrogen and oxygen atoms in total. The molecule has 0 aromatic rings. The van der Waals surface area contributed by atoms with E-state index in [1.54, 1.807) is 13.0 Å². The predicted molar refractivity (Wildman–Crippen MR) is 52.5 cm³/mol. The first-order valence-corrected chi connectivity index (χ1v) is 4.62. The maximum Gasteiger partial charge on any atom is 0.383 e. The second-order valence-corrected chi connectivity index (χ2v) is 2.84. The van der Waals surface area contributed by atoms with Crippen molar-refractivity contribution in [1.29, 1.82) is 5.26 Å². The highest BCUT2D eigenvalue weighted by Crippen LogP contribution is 2.00. The van der Waals surface area contributed by atoms with Crippen molar-refractivity contribution < 1.29 is 19.3 Å². The number of carbonyl (C=O) groups excluding carboxylic acids is 1. The standard InChI is InChI=1S/C10H15NO4/c1-4-5-9(6-11)10(12)15-14-7-8(2)13-3/h5,8H,4,7H2,1-3H3. The molecule has 0 heterocycles. The molecule has 0 rings (SSSR count). The summed E-state index contributed by atoms with van der Waals surface area (Å²) >= 11 is 0. The van der Waals surface area contributed by atoms with Crippen LogP contribution in [0.4, 0.5) is 0 Å². The lowest BCUT2D eigenvalue weighted by Gasteiger charge is -2.08. The number of allylic oxidation sites excluding steroid dienone is 1. The van der Waals surface area contributed by atoms with Crippen LogP contribution in [0.3, 0.4) is 0 Å². The Morgan fingerprint density at radius 1 is 1.60 bits per heavy atom. The minimum absolute atomic E-state index is 0.0532. The summed E-state index contributed by atoms with van der Waals surface area (Å²) in [7, 11) is 1.52. The topological polar surface area (TPSA) is 68.6 Å². The summed E-state index contributed by atoms with van der Waals surface area (Å²) in [6.45, 7) is 3.71. The number of hydrogen-bond acceptors (Lipinski definition) is 5. The van der Waals surface area contributed by atoms with Gasteiger partial charge in [0.15, 0.2) is 0 Å². The Hall–Kier alpha value is -1.38. The van der Waals surface area contributed by atoms with Crippen LogP contribution in [-0.4, -0.2) is 25.8 Å². The number of rotatable bonds is 6. The molecule has 1 unspecified atom stereocenters. The third-order valence-corrected chi connectivity index (χ3v) is 1.59. The first-order valence-electron chi connectivity index (χ1n) is 4.62. The van der Waals surface area contributed by atoms with Gasteiger partial charge in [-0.25, -0.2) is 4.79 Å². The minimum atomic E-state index is -0.775. The number of ether oxygens (including phenoxy) is 1. The monoisotopic (exact) mass is 213 g/mol. The van der Waals surface area contributed by atoms with E-state index in [2.05, 4.69) is 9.78 Å². The molecule has 0 radical (unpaired) electrons. The Morgan fingerprint density at radius 2 is 2.27 bits per heavy atom. The van der Waals surface area contributed by atoms with E-state index in [1.165, 1.54) is 13.2 Å². The van der Waals surface area contributed by atoms with Gasteiger partial charge in [-0.3, -0.25) is 4.89 Å². The van der Waals surface area contributed by atoms with Gasteiger partial charge < -0.3 is 4.74 Å². The lowest BCUT2D eigenvalue weighted by atomic mass is 10.2. The van der Waals surface area contributed by atoms with Crippen LogP contribution in [0.1, 0.15) is 20.3 Å². The van der Waals surface area contributed by atoms with Gasteiger partial charge in [0.1, 0.15) is 18.2 Å². The molecule has 1 atom stereocenters. The Kier molecular flexibility index (Phi) is 7.24. The zero-order chi connectivity index (χ0) is 11.7. The maximum atomic E-state index is 11.2. The van der Waals surface area contributed by atoms with Crippen LogP contribution in [0, 0.1) is 11.3 Å². The summed E-state index contributed by atoms with van der Waals surface area (Å²) in [5.74, 6) is -0.775. The van der Waals surface area contributed by atoms with Crippen LogP contribution in [0.15, 0.2) is 11.6 Å².